The molecule has 0 aliphatic carbocycles. The number of nitrogens with zero attached hydrogens (tertiary/aromatic N) is 2. The maximum atomic E-state index is 14.2. The number of amides is 1. The van der Waals surface area contributed by atoms with Crippen molar-refractivity contribution < 1.29 is 18.3 Å². The molecule has 0 aliphatic rings. The fourth-order valence-electron chi connectivity index (χ4n) is 2.30. The Bertz CT molecular complexity index is 1060. The zero-order valence-electron chi connectivity index (χ0n) is 13.5. The number of hydrogen-bond acceptors (Lipinski definition) is 5. The van der Waals surface area contributed by atoms with Crippen LogP contribution in [0.5, 0.6) is 5.75 Å². The van der Waals surface area contributed by atoms with Crippen LogP contribution in [0.2, 0.25) is 0 Å². The van der Waals surface area contributed by atoms with Crippen molar-refractivity contribution in [3.8, 4) is 23.1 Å². The molecular formula is C18H10BrF2N3O2S. The van der Waals surface area contributed by atoms with Gasteiger partial charge in [-0.3, -0.25) is 4.79 Å². The molecule has 2 aromatic carbocycles. The molecule has 0 aliphatic heterocycles. The third kappa shape index (κ3) is 3.97. The quantitative estimate of drug-likeness (QED) is 0.624. The van der Waals surface area contributed by atoms with E-state index in [9.17, 15) is 13.6 Å². The first-order chi connectivity index (χ1) is 12.9. The monoisotopic (exact) mass is 449 g/mol. The highest BCUT2D eigenvalue weighted by atomic mass is 79.9. The minimum atomic E-state index is -1.21. The number of rotatable bonds is 5. The number of nitriles is 1. The molecule has 3 aromatic rings. The first-order valence-corrected chi connectivity index (χ1v) is 9.08. The van der Waals surface area contributed by atoms with Crippen LogP contribution in [0.15, 0.2) is 40.2 Å². The Morgan fingerprint density at radius 3 is 2.59 bits per heavy atom. The molecule has 0 saturated heterocycles. The molecule has 2 N–H and O–H groups in total. The molecule has 27 heavy (non-hydrogen) atoms. The van der Waals surface area contributed by atoms with Crippen LogP contribution >= 0.6 is 27.3 Å². The summed E-state index contributed by atoms with van der Waals surface area (Å²) < 4.78 is 33.8. The predicted octanol–water partition coefficient (Wildman–Crippen LogP) is 4.40. The Morgan fingerprint density at radius 1 is 1.26 bits per heavy atom. The molecule has 0 fully saturated rings. The number of halogens is 3. The third-order valence-corrected chi connectivity index (χ3v) is 5.25. The molecule has 5 nitrogen and oxygen atoms in total. The number of carbonyl (C=O) groups is 1. The summed E-state index contributed by atoms with van der Waals surface area (Å²) in [4.78, 5) is 15.6. The molecule has 1 amide bonds. The normalized spacial score (nSPS) is 10.4. The van der Waals surface area contributed by atoms with E-state index < -0.39 is 23.1 Å². The van der Waals surface area contributed by atoms with Gasteiger partial charge in [0.15, 0.2) is 11.6 Å². The molecular weight excluding hydrogens is 440 g/mol. The number of hydrogen-bond donors (Lipinski definition) is 1. The summed E-state index contributed by atoms with van der Waals surface area (Å²) in [7, 11) is 0. The average Bonchev–Trinajstić information content (AvgIpc) is 3.01. The highest BCUT2D eigenvalue weighted by Crippen LogP contribution is 2.34. The zero-order chi connectivity index (χ0) is 19.6. The standard InChI is InChI=1S/C18H10BrF2N3O2S/c19-17-16(10-3-1-9(7-22)2-4-10)24-13(27-17)8-26-12-6-5-11(20)14(15(12)21)18(23)25/h1-6H,8H2,(H2,23,25). The molecule has 0 bridgehead atoms. The number of primary amides is 1. The topological polar surface area (TPSA) is 89.0 Å². The molecule has 0 atom stereocenters. The summed E-state index contributed by atoms with van der Waals surface area (Å²) >= 11 is 4.71. The largest absolute Gasteiger partial charge is 0.483 e. The van der Waals surface area contributed by atoms with Gasteiger partial charge >= 0.3 is 0 Å². The van der Waals surface area contributed by atoms with Gasteiger partial charge in [-0.05, 0) is 40.2 Å². The lowest BCUT2D eigenvalue weighted by molar-refractivity contribution is 0.0991. The van der Waals surface area contributed by atoms with Crippen molar-refractivity contribution in [2.24, 2.45) is 5.73 Å². The summed E-state index contributed by atoms with van der Waals surface area (Å²) in [5, 5.41) is 9.39. The van der Waals surface area contributed by atoms with Gasteiger partial charge in [0.05, 0.1) is 21.1 Å². The summed E-state index contributed by atoms with van der Waals surface area (Å²) in [5.41, 5.74) is 6.13. The van der Waals surface area contributed by atoms with E-state index >= 15 is 0 Å². The summed E-state index contributed by atoms with van der Waals surface area (Å²) in [5.74, 6) is -3.70. The summed E-state index contributed by atoms with van der Waals surface area (Å²) in [6.07, 6.45) is 0. The number of benzene rings is 2. The SMILES string of the molecule is N#Cc1ccc(-c2nc(COc3ccc(F)c(C(N)=O)c3F)sc2Br)cc1. The van der Waals surface area contributed by atoms with Crippen molar-refractivity contribution in [3.63, 3.8) is 0 Å². The number of thiazole rings is 1. The Balaban J connectivity index is 1.81. The number of aromatic nitrogens is 1. The van der Waals surface area contributed by atoms with Crippen molar-refractivity contribution >= 4 is 33.2 Å². The minimum Gasteiger partial charge on any atom is -0.483 e. The van der Waals surface area contributed by atoms with E-state index in [0.29, 0.717) is 16.3 Å². The van der Waals surface area contributed by atoms with E-state index in [2.05, 4.69) is 20.9 Å². The van der Waals surface area contributed by atoms with Crippen LogP contribution < -0.4 is 10.5 Å². The second-order valence-electron chi connectivity index (χ2n) is 5.31. The number of carbonyl (C=O) groups excluding carboxylic acids is 1. The van der Waals surface area contributed by atoms with Crippen molar-refractivity contribution in [2.45, 2.75) is 6.61 Å². The van der Waals surface area contributed by atoms with E-state index in [1.54, 1.807) is 24.3 Å². The Labute approximate surface area is 165 Å². The fraction of sp³-hybridized carbons (Fsp3) is 0.0556. The first-order valence-electron chi connectivity index (χ1n) is 7.47. The van der Waals surface area contributed by atoms with Crippen LogP contribution in [0.25, 0.3) is 11.3 Å². The van der Waals surface area contributed by atoms with E-state index in [4.69, 9.17) is 15.7 Å². The van der Waals surface area contributed by atoms with Gasteiger partial charge in [0.25, 0.3) is 5.91 Å². The molecule has 1 aromatic heterocycles. The fourth-order valence-corrected chi connectivity index (χ4v) is 3.90. The summed E-state index contributed by atoms with van der Waals surface area (Å²) in [6, 6.07) is 10.9. The lowest BCUT2D eigenvalue weighted by atomic mass is 10.1. The van der Waals surface area contributed by atoms with Gasteiger partial charge in [0.2, 0.25) is 0 Å². The third-order valence-electron chi connectivity index (χ3n) is 3.57. The second kappa shape index (κ2) is 7.82. The lowest BCUT2D eigenvalue weighted by Gasteiger charge is -2.08. The molecule has 136 valence electrons. The minimum absolute atomic E-state index is 0.0830. The maximum Gasteiger partial charge on any atom is 0.254 e. The number of ether oxygens (including phenoxy) is 1. The van der Waals surface area contributed by atoms with Crippen molar-refractivity contribution in [1.29, 1.82) is 5.26 Å². The van der Waals surface area contributed by atoms with Gasteiger partial charge in [-0.15, -0.1) is 11.3 Å². The van der Waals surface area contributed by atoms with Crippen LogP contribution in [0.4, 0.5) is 8.78 Å². The van der Waals surface area contributed by atoms with Crippen molar-refractivity contribution in [1.82, 2.24) is 4.98 Å². The molecule has 1 heterocycles. The van der Waals surface area contributed by atoms with Crippen LogP contribution in [0.1, 0.15) is 20.9 Å². The van der Waals surface area contributed by atoms with Crippen molar-refractivity contribution in [2.75, 3.05) is 0 Å². The van der Waals surface area contributed by atoms with Gasteiger partial charge in [-0.2, -0.15) is 5.26 Å². The van der Waals surface area contributed by atoms with Gasteiger partial charge in [-0.1, -0.05) is 12.1 Å². The molecule has 3 rings (SSSR count). The molecule has 0 spiro atoms. The van der Waals surface area contributed by atoms with E-state index in [1.165, 1.54) is 11.3 Å². The first kappa shape index (κ1) is 18.9. The molecule has 0 radical (unpaired) electrons. The smallest absolute Gasteiger partial charge is 0.254 e. The van der Waals surface area contributed by atoms with Crippen LogP contribution in [0, 0.1) is 23.0 Å². The maximum absolute atomic E-state index is 14.2. The number of nitrogens with two attached hydrogens (primary N) is 1. The predicted molar refractivity (Wildman–Crippen MR) is 99.2 cm³/mol. The van der Waals surface area contributed by atoms with Gasteiger partial charge in [0.1, 0.15) is 23.0 Å². The van der Waals surface area contributed by atoms with E-state index in [-0.39, 0.29) is 12.4 Å². The highest BCUT2D eigenvalue weighted by Gasteiger charge is 2.20. The Morgan fingerprint density at radius 2 is 1.96 bits per heavy atom. The molecule has 0 unspecified atom stereocenters. The molecule has 9 heteroatoms. The van der Waals surface area contributed by atoms with E-state index in [0.717, 1.165) is 21.5 Å². The van der Waals surface area contributed by atoms with Gasteiger partial charge in [0, 0.05) is 5.56 Å². The summed E-state index contributed by atoms with van der Waals surface area (Å²) in [6.45, 7) is -0.0830. The second-order valence-corrected chi connectivity index (χ2v) is 7.71. The Hall–Kier alpha value is -2.83. The highest BCUT2D eigenvalue weighted by molar-refractivity contribution is 9.11. The van der Waals surface area contributed by atoms with Gasteiger partial charge < -0.3 is 10.5 Å². The molecule has 0 saturated carbocycles. The average molecular weight is 450 g/mol. The Kier molecular flexibility index (Phi) is 5.48. The zero-order valence-corrected chi connectivity index (χ0v) is 15.9. The van der Waals surface area contributed by atoms with Gasteiger partial charge in [-0.25, -0.2) is 13.8 Å². The van der Waals surface area contributed by atoms with E-state index in [1.807, 2.05) is 6.07 Å². The van der Waals surface area contributed by atoms with Crippen LogP contribution in [0.3, 0.4) is 0 Å². The van der Waals surface area contributed by atoms with Crippen molar-refractivity contribution in [3.05, 3.63) is 68.0 Å². The van der Waals surface area contributed by atoms with Crippen LogP contribution in [-0.4, -0.2) is 10.9 Å². The van der Waals surface area contributed by atoms with Crippen LogP contribution in [-0.2, 0) is 6.61 Å². The lowest BCUT2D eigenvalue weighted by Crippen LogP contribution is -2.16.